The number of methoxy groups -OCH3 is 1. The molecule has 11 nitrogen and oxygen atoms in total. The first kappa shape index (κ1) is 43.7. The summed E-state index contributed by atoms with van der Waals surface area (Å²) in [5.41, 5.74) is 3.66. The molecule has 0 saturated heterocycles. The van der Waals surface area contributed by atoms with Crippen molar-refractivity contribution in [3.63, 3.8) is 0 Å². The summed E-state index contributed by atoms with van der Waals surface area (Å²) in [6.07, 6.45) is 3.75. The van der Waals surface area contributed by atoms with Crippen molar-refractivity contribution in [2.45, 2.75) is 118 Å². The van der Waals surface area contributed by atoms with Gasteiger partial charge in [-0.3, -0.25) is 9.59 Å². The standard InChI is InChI=1S/C45H54F2N5O6/c1-11-35(49-42(55)58-44(7,8)9)40(54)52(26-29-13-17-31(18-14-29)28(3)48-41(56-10)43(4,5)6)36-23-33(16-12-27(36)2)38-50-51-39(57-38)34-19-15-30(24-45(46,47)25-34)22-37(53)32-20-21-32/h12-18,20-21,23,34-35H,3,11,19,22,24-26H2,1-2,4-10H3,(H,49,55)/t34?,35-/m0/s1. The van der Waals surface area contributed by atoms with Crippen LogP contribution in [-0.4, -0.2) is 58.6 Å². The highest BCUT2D eigenvalue weighted by Gasteiger charge is 2.39. The average Bonchev–Trinajstić information content (AvgIpc) is 3.91. The second-order valence-electron chi connectivity index (χ2n) is 16.9. The number of nitrogens with zero attached hydrogens (tertiary/aromatic N) is 4. The number of benzene rings is 2. The van der Waals surface area contributed by atoms with Crippen LogP contribution in [0.3, 0.4) is 0 Å². The van der Waals surface area contributed by atoms with Gasteiger partial charge in [-0.05, 0) is 74.9 Å². The van der Waals surface area contributed by atoms with Gasteiger partial charge in [0, 0.05) is 48.3 Å². The SMILES string of the molecule is C=C(N=C(OC)C(C)(C)C)c1ccc(CN(C(=O)[C@H](CC)NC(=O)OC(C)(C)C)c2cc(-c3nnc(C4CC=C(CC(=O)C5=C[CH]5)CC(F)(F)C4)o3)ccc2C)cc1. The number of ketones is 1. The molecule has 1 radical (unpaired) electrons. The lowest BCUT2D eigenvalue weighted by atomic mass is 9.96. The van der Waals surface area contributed by atoms with Crippen LogP contribution in [0.2, 0.25) is 0 Å². The third kappa shape index (κ3) is 11.6. The number of hydrogen-bond donors (Lipinski definition) is 1. The maximum absolute atomic E-state index is 15.2. The molecule has 0 saturated carbocycles. The highest BCUT2D eigenvalue weighted by Crippen LogP contribution is 2.42. The Morgan fingerprint density at radius 3 is 2.38 bits per heavy atom. The molecule has 0 spiro atoms. The van der Waals surface area contributed by atoms with Crippen LogP contribution in [0.25, 0.3) is 17.2 Å². The van der Waals surface area contributed by atoms with Crippen LogP contribution in [0.1, 0.15) is 109 Å². The second-order valence-corrected chi connectivity index (χ2v) is 16.9. The monoisotopic (exact) mass is 798 g/mol. The van der Waals surface area contributed by atoms with E-state index in [4.69, 9.17) is 13.9 Å². The van der Waals surface area contributed by atoms with E-state index in [1.54, 1.807) is 70.4 Å². The number of alkyl carbamates (subject to hydrolysis) is 1. The highest BCUT2D eigenvalue weighted by molar-refractivity contribution is 6.04. The number of aryl methyl sites for hydroxylation is 1. The third-order valence-corrected chi connectivity index (χ3v) is 9.66. The number of Topliss-reactive ketones (excluding diaryl/α,β-unsaturated/α-hetero) is 1. The van der Waals surface area contributed by atoms with E-state index in [1.165, 1.54) is 0 Å². The largest absolute Gasteiger partial charge is 0.484 e. The van der Waals surface area contributed by atoms with Gasteiger partial charge < -0.3 is 24.1 Å². The first-order chi connectivity index (χ1) is 27.2. The van der Waals surface area contributed by atoms with E-state index in [9.17, 15) is 14.4 Å². The van der Waals surface area contributed by atoms with Gasteiger partial charge in [0.1, 0.15) is 11.6 Å². The molecule has 309 valence electrons. The Balaban J connectivity index is 1.45. The molecule has 1 aromatic heterocycles. The Morgan fingerprint density at radius 2 is 1.78 bits per heavy atom. The molecule has 0 fully saturated rings. The Kier molecular flexibility index (Phi) is 13.2. The molecule has 2 aliphatic rings. The van der Waals surface area contributed by atoms with E-state index in [1.807, 2.05) is 58.0 Å². The smallest absolute Gasteiger partial charge is 0.408 e. The molecular weight excluding hydrogens is 745 g/mol. The molecule has 58 heavy (non-hydrogen) atoms. The van der Waals surface area contributed by atoms with Gasteiger partial charge in [0.25, 0.3) is 5.92 Å². The van der Waals surface area contributed by atoms with Gasteiger partial charge in [-0.15, -0.1) is 10.2 Å². The number of amides is 2. The van der Waals surface area contributed by atoms with Crippen molar-refractivity contribution in [3.8, 4) is 11.5 Å². The van der Waals surface area contributed by atoms with Gasteiger partial charge in [-0.2, -0.15) is 0 Å². The number of aromatic nitrogens is 2. The number of aliphatic imine (C=N–C) groups is 1. The predicted octanol–water partition coefficient (Wildman–Crippen LogP) is 9.88. The number of alkyl halides is 2. The number of carbonyl (C=O) groups excluding carboxylic acids is 3. The van der Waals surface area contributed by atoms with Gasteiger partial charge in [0.2, 0.25) is 17.7 Å². The van der Waals surface area contributed by atoms with E-state index < -0.39 is 42.4 Å². The number of ether oxygens (including phenoxy) is 2. The number of allylic oxidation sites excluding steroid dienone is 4. The fourth-order valence-electron chi connectivity index (χ4n) is 6.59. The molecule has 5 rings (SSSR count). The number of carbonyl (C=O) groups is 3. The maximum Gasteiger partial charge on any atom is 0.408 e. The lowest BCUT2D eigenvalue weighted by Crippen LogP contribution is -2.49. The highest BCUT2D eigenvalue weighted by atomic mass is 19.3. The van der Waals surface area contributed by atoms with Gasteiger partial charge in [-0.25, -0.2) is 18.6 Å². The van der Waals surface area contributed by atoms with Gasteiger partial charge in [-0.1, -0.05) is 82.3 Å². The molecule has 2 aromatic carbocycles. The summed E-state index contributed by atoms with van der Waals surface area (Å²) in [6.45, 7) is 19.1. The molecule has 0 aliphatic heterocycles. The number of hydrogen-bond acceptors (Lipinski definition) is 9. The van der Waals surface area contributed by atoms with Crippen LogP contribution in [0, 0.1) is 18.8 Å². The fourth-order valence-corrected chi connectivity index (χ4v) is 6.59. The van der Waals surface area contributed by atoms with Crippen LogP contribution in [0.4, 0.5) is 19.3 Å². The van der Waals surface area contributed by atoms with E-state index in [0.29, 0.717) is 34.0 Å². The van der Waals surface area contributed by atoms with Crippen molar-refractivity contribution in [2.24, 2.45) is 10.4 Å². The number of anilines is 1. The normalized spacial score (nSPS) is 17.3. The molecule has 1 heterocycles. The first-order valence-corrected chi connectivity index (χ1v) is 19.5. The Hall–Kier alpha value is -5.46. The molecule has 2 amide bonds. The second kappa shape index (κ2) is 17.6. The van der Waals surface area contributed by atoms with E-state index in [2.05, 4.69) is 27.1 Å². The minimum Gasteiger partial charge on any atom is -0.484 e. The third-order valence-electron chi connectivity index (χ3n) is 9.66. The average molecular weight is 799 g/mol. The van der Waals surface area contributed by atoms with Gasteiger partial charge in [0.15, 0.2) is 11.7 Å². The zero-order chi connectivity index (χ0) is 42.6. The summed E-state index contributed by atoms with van der Waals surface area (Å²) in [5.74, 6) is -3.68. The van der Waals surface area contributed by atoms with Crippen molar-refractivity contribution in [1.82, 2.24) is 15.5 Å². The summed E-state index contributed by atoms with van der Waals surface area (Å²) in [7, 11) is 1.58. The molecule has 13 heteroatoms. The summed E-state index contributed by atoms with van der Waals surface area (Å²) in [4.78, 5) is 45.9. The maximum atomic E-state index is 15.2. The predicted molar refractivity (Wildman–Crippen MR) is 220 cm³/mol. The first-order valence-electron chi connectivity index (χ1n) is 19.5. The van der Waals surface area contributed by atoms with Crippen molar-refractivity contribution < 1.29 is 37.1 Å². The molecule has 2 aliphatic carbocycles. The van der Waals surface area contributed by atoms with Crippen molar-refractivity contribution in [1.29, 1.82) is 0 Å². The number of halogens is 2. The van der Waals surface area contributed by atoms with Gasteiger partial charge in [0.05, 0.1) is 19.4 Å². The Morgan fingerprint density at radius 1 is 1.09 bits per heavy atom. The molecular formula is C45H54F2N5O6. The van der Waals surface area contributed by atoms with Crippen LogP contribution in [0.5, 0.6) is 0 Å². The van der Waals surface area contributed by atoms with Crippen LogP contribution in [0.15, 0.2) is 81.8 Å². The lowest BCUT2D eigenvalue weighted by Gasteiger charge is -2.30. The number of nitrogens with one attached hydrogen (secondary N) is 1. The number of rotatable bonds is 13. The van der Waals surface area contributed by atoms with E-state index in [0.717, 1.165) is 16.7 Å². The topological polar surface area (TPSA) is 136 Å². The van der Waals surface area contributed by atoms with Gasteiger partial charge >= 0.3 is 6.09 Å². The fraction of sp³-hybridized carbons (Fsp3) is 0.444. The summed E-state index contributed by atoms with van der Waals surface area (Å²) in [5, 5.41) is 11.2. The zero-order valence-electron chi connectivity index (χ0n) is 34.9. The van der Waals surface area contributed by atoms with Crippen LogP contribution < -0.4 is 10.2 Å². The Bertz CT molecular complexity index is 2120. The molecule has 2 atom stereocenters. The zero-order valence-corrected chi connectivity index (χ0v) is 34.9. The van der Waals surface area contributed by atoms with Crippen molar-refractivity contribution >= 4 is 35.1 Å². The molecule has 3 aromatic rings. The summed E-state index contributed by atoms with van der Waals surface area (Å²) >= 11 is 0. The summed E-state index contributed by atoms with van der Waals surface area (Å²) in [6, 6.07) is 11.9. The lowest BCUT2D eigenvalue weighted by molar-refractivity contribution is -0.121. The van der Waals surface area contributed by atoms with E-state index in [-0.39, 0.29) is 54.7 Å². The molecule has 0 bridgehead atoms. The molecule has 1 N–H and O–H groups in total. The van der Waals surface area contributed by atoms with Crippen molar-refractivity contribution in [2.75, 3.05) is 12.0 Å². The van der Waals surface area contributed by atoms with E-state index >= 15 is 8.78 Å². The minimum atomic E-state index is -3.07. The quantitative estimate of drug-likeness (QED) is 0.103. The van der Waals surface area contributed by atoms with Crippen LogP contribution in [-0.2, 0) is 25.6 Å². The summed E-state index contributed by atoms with van der Waals surface area (Å²) < 4.78 is 47.4. The Labute approximate surface area is 339 Å². The van der Waals surface area contributed by atoms with Crippen LogP contribution >= 0.6 is 0 Å². The van der Waals surface area contributed by atoms with Crippen molar-refractivity contribution in [3.05, 3.63) is 101 Å². The minimum absolute atomic E-state index is 0.0477. The molecule has 1 unspecified atom stereocenters.